The lowest BCUT2D eigenvalue weighted by atomic mass is 10.2. The minimum absolute atomic E-state index is 0.778. The van der Waals surface area contributed by atoms with Gasteiger partial charge >= 0.3 is 0 Å². The van der Waals surface area contributed by atoms with Gasteiger partial charge in [-0.25, -0.2) is 9.67 Å². The summed E-state index contributed by atoms with van der Waals surface area (Å²) in [5.41, 5.74) is 8.72. The fraction of sp³-hybridized carbons (Fsp3) is 0.385. The van der Waals surface area contributed by atoms with Crippen LogP contribution in [0.25, 0.3) is 5.69 Å². The van der Waals surface area contributed by atoms with E-state index in [1.54, 1.807) is 0 Å². The quantitative estimate of drug-likeness (QED) is 0.823. The number of benzene rings is 1. The van der Waals surface area contributed by atoms with E-state index in [2.05, 4.69) is 23.9 Å². The Hall–Kier alpha value is -1.84. The smallest absolute Gasteiger partial charge is 0.151 e. The Balaban J connectivity index is 2.55. The van der Waals surface area contributed by atoms with Gasteiger partial charge in [0.2, 0.25) is 0 Å². The van der Waals surface area contributed by atoms with Crippen LogP contribution in [0.4, 0.5) is 5.69 Å². The van der Waals surface area contributed by atoms with Crippen molar-refractivity contribution in [3.63, 3.8) is 0 Å². The molecule has 0 spiro atoms. The van der Waals surface area contributed by atoms with Gasteiger partial charge in [-0.05, 0) is 30.7 Å². The first-order valence-corrected chi connectivity index (χ1v) is 5.97. The third-order valence-electron chi connectivity index (χ3n) is 2.80. The Morgan fingerprint density at radius 2 is 2.00 bits per heavy atom. The van der Waals surface area contributed by atoms with Gasteiger partial charge in [-0.2, -0.15) is 5.10 Å². The van der Waals surface area contributed by atoms with Gasteiger partial charge in [-0.3, -0.25) is 0 Å². The van der Waals surface area contributed by atoms with Crippen molar-refractivity contribution < 1.29 is 0 Å². The summed E-state index contributed by atoms with van der Waals surface area (Å²) < 4.78 is 1.92. The minimum Gasteiger partial charge on any atom is -0.399 e. The van der Waals surface area contributed by atoms with Crippen LogP contribution in [-0.2, 0) is 12.8 Å². The second kappa shape index (κ2) is 4.57. The van der Waals surface area contributed by atoms with Gasteiger partial charge in [0.05, 0.1) is 5.69 Å². The Bertz CT molecular complexity index is 528. The Labute approximate surface area is 101 Å². The van der Waals surface area contributed by atoms with Crippen molar-refractivity contribution in [1.82, 2.24) is 14.8 Å². The zero-order chi connectivity index (χ0) is 12.4. The fourth-order valence-corrected chi connectivity index (χ4v) is 1.88. The van der Waals surface area contributed by atoms with Gasteiger partial charge in [0, 0.05) is 18.5 Å². The van der Waals surface area contributed by atoms with Gasteiger partial charge in [0.1, 0.15) is 5.82 Å². The molecule has 0 aliphatic carbocycles. The molecule has 0 saturated heterocycles. The standard InChI is InChI=1S/C13H18N4/c1-4-12-15-13(5-2)17(16-12)11-7-6-10(14)8-9(11)3/h6-8H,4-5,14H2,1-3H3. The number of rotatable bonds is 3. The highest BCUT2D eigenvalue weighted by atomic mass is 15.3. The molecule has 1 heterocycles. The molecule has 4 heteroatoms. The lowest BCUT2D eigenvalue weighted by Gasteiger charge is -2.08. The first-order chi connectivity index (χ1) is 8.15. The van der Waals surface area contributed by atoms with Crippen molar-refractivity contribution in [3.8, 4) is 5.69 Å². The number of aromatic nitrogens is 3. The molecule has 2 N–H and O–H groups in total. The van der Waals surface area contributed by atoms with Crippen LogP contribution < -0.4 is 5.73 Å². The van der Waals surface area contributed by atoms with Crippen LogP contribution in [0.1, 0.15) is 31.1 Å². The van der Waals surface area contributed by atoms with Crippen molar-refractivity contribution in [3.05, 3.63) is 35.4 Å². The molecule has 0 unspecified atom stereocenters. The maximum absolute atomic E-state index is 5.76. The van der Waals surface area contributed by atoms with Crippen molar-refractivity contribution >= 4 is 5.69 Å². The summed E-state index contributed by atoms with van der Waals surface area (Å²) >= 11 is 0. The number of anilines is 1. The molecule has 17 heavy (non-hydrogen) atoms. The third kappa shape index (κ3) is 2.16. The largest absolute Gasteiger partial charge is 0.399 e. The molecule has 0 radical (unpaired) electrons. The van der Waals surface area contributed by atoms with E-state index in [0.29, 0.717) is 0 Å². The van der Waals surface area contributed by atoms with Crippen LogP contribution >= 0.6 is 0 Å². The molecule has 2 aromatic rings. The molecule has 90 valence electrons. The predicted octanol–water partition coefficient (Wildman–Crippen LogP) is 2.28. The highest BCUT2D eigenvalue weighted by Gasteiger charge is 2.10. The summed E-state index contributed by atoms with van der Waals surface area (Å²) in [6.45, 7) is 6.19. The van der Waals surface area contributed by atoms with E-state index in [4.69, 9.17) is 5.73 Å². The van der Waals surface area contributed by atoms with E-state index in [-0.39, 0.29) is 0 Å². The Morgan fingerprint density at radius 1 is 1.24 bits per heavy atom. The first-order valence-electron chi connectivity index (χ1n) is 5.97. The zero-order valence-corrected chi connectivity index (χ0v) is 10.6. The van der Waals surface area contributed by atoms with E-state index in [1.165, 1.54) is 0 Å². The molecule has 1 aromatic heterocycles. The van der Waals surface area contributed by atoms with E-state index in [0.717, 1.165) is 41.4 Å². The number of aryl methyl sites for hydroxylation is 3. The van der Waals surface area contributed by atoms with E-state index >= 15 is 0 Å². The average Bonchev–Trinajstić information content (AvgIpc) is 2.72. The van der Waals surface area contributed by atoms with E-state index in [1.807, 2.05) is 29.8 Å². The van der Waals surface area contributed by atoms with Gasteiger partial charge in [0.25, 0.3) is 0 Å². The van der Waals surface area contributed by atoms with Crippen LogP contribution in [0.3, 0.4) is 0 Å². The lowest BCUT2D eigenvalue weighted by Crippen LogP contribution is -2.04. The maximum atomic E-state index is 5.76. The van der Waals surface area contributed by atoms with Crippen LogP contribution in [0.2, 0.25) is 0 Å². The van der Waals surface area contributed by atoms with Gasteiger partial charge in [-0.1, -0.05) is 13.8 Å². The predicted molar refractivity (Wildman–Crippen MR) is 69.3 cm³/mol. The summed E-state index contributed by atoms with van der Waals surface area (Å²) in [4.78, 5) is 4.51. The summed E-state index contributed by atoms with van der Waals surface area (Å²) in [7, 11) is 0. The molecule has 0 bridgehead atoms. The normalized spacial score (nSPS) is 10.8. The van der Waals surface area contributed by atoms with Crippen LogP contribution in [0.5, 0.6) is 0 Å². The van der Waals surface area contributed by atoms with E-state index < -0.39 is 0 Å². The fourth-order valence-electron chi connectivity index (χ4n) is 1.88. The Kier molecular flexibility index (Phi) is 3.13. The maximum Gasteiger partial charge on any atom is 0.151 e. The molecule has 4 nitrogen and oxygen atoms in total. The second-order valence-corrected chi connectivity index (χ2v) is 4.11. The molecular formula is C13H18N4. The summed E-state index contributed by atoms with van der Waals surface area (Å²) in [5.74, 6) is 1.88. The van der Waals surface area contributed by atoms with Crippen LogP contribution in [0, 0.1) is 6.92 Å². The van der Waals surface area contributed by atoms with Gasteiger partial charge < -0.3 is 5.73 Å². The van der Waals surface area contributed by atoms with Crippen molar-refractivity contribution in [2.75, 3.05) is 5.73 Å². The molecule has 2 rings (SSSR count). The molecule has 0 amide bonds. The lowest BCUT2D eigenvalue weighted by molar-refractivity contribution is 0.786. The molecular weight excluding hydrogens is 212 g/mol. The monoisotopic (exact) mass is 230 g/mol. The average molecular weight is 230 g/mol. The van der Waals surface area contributed by atoms with Crippen LogP contribution in [-0.4, -0.2) is 14.8 Å². The molecule has 1 aromatic carbocycles. The van der Waals surface area contributed by atoms with Gasteiger partial charge in [-0.15, -0.1) is 0 Å². The SMILES string of the molecule is CCc1nc(CC)n(-c2ccc(N)cc2C)n1. The Morgan fingerprint density at radius 3 is 2.59 bits per heavy atom. The molecule has 0 aliphatic heterocycles. The third-order valence-corrected chi connectivity index (χ3v) is 2.80. The topological polar surface area (TPSA) is 56.7 Å². The first kappa shape index (κ1) is 11.6. The number of hydrogen-bond donors (Lipinski definition) is 1. The highest BCUT2D eigenvalue weighted by Crippen LogP contribution is 2.18. The zero-order valence-electron chi connectivity index (χ0n) is 10.6. The van der Waals surface area contributed by atoms with Crippen molar-refractivity contribution in [1.29, 1.82) is 0 Å². The minimum atomic E-state index is 0.778. The highest BCUT2D eigenvalue weighted by molar-refractivity contribution is 5.50. The van der Waals surface area contributed by atoms with Crippen molar-refractivity contribution in [2.45, 2.75) is 33.6 Å². The molecule has 0 atom stereocenters. The summed E-state index contributed by atoms with van der Waals surface area (Å²) in [6, 6.07) is 5.86. The van der Waals surface area contributed by atoms with Crippen molar-refractivity contribution in [2.24, 2.45) is 0 Å². The van der Waals surface area contributed by atoms with Gasteiger partial charge in [0.15, 0.2) is 5.82 Å². The molecule has 0 aliphatic rings. The number of nitrogens with two attached hydrogens (primary N) is 1. The molecule has 0 fully saturated rings. The van der Waals surface area contributed by atoms with E-state index in [9.17, 15) is 0 Å². The number of hydrogen-bond acceptors (Lipinski definition) is 3. The second-order valence-electron chi connectivity index (χ2n) is 4.11. The number of nitrogen functional groups attached to an aromatic ring is 1. The summed E-state index contributed by atoms with van der Waals surface area (Å²) in [5, 5.41) is 4.53. The molecule has 0 saturated carbocycles. The van der Waals surface area contributed by atoms with Crippen LogP contribution in [0.15, 0.2) is 18.2 Å². The summed E-state index contributed by atoms with van der Waals surface area (Å²) in [6.07, 6.45) is 1.73. The number of nitrogens with zero attached hydrogens (tertiary/aromatic N) is 3.